The Morgan fingerprint density at radius 1 is 1.24 bits per heavy atom. The molecular formula is C11H16N2O3S. The van der Waals surface area contributed by atoms with E-state index in [1.54, 1.807) is 20.8 Å². The molecule has 4 N–H and O–H groups in total. The van der Waals surface area contributed by atoms with Gasteiger partial charge in [0.15, 0.2) is 5.78 Å². The summed E-state index contributed by atoms with van der Waals surface area (Å²) in [7, 11) is -3.83. The molecule has 6 heteroatoms. The highest BCUT2D eigenvalue weighted by molar-refractivity contribution is 7.89. The molecule has 0 aliphatic carbocycles. The van der Waals surface area contributed by atoms with Crippen molar-refractivity contribution in [2.45, 2.75) is 25.7 Å². The number of nitrogen functional groups attached to an aromatic ring is 1. The minimum atomic E-state index is -3.83. The summed E-state index contributed by atoms with van der Waals surface area (Å²) in [5.74, 6) is -0.222. The van der Waals surface area contributed by atoms with E-state index in [9.17, 15) is 13.2 Å². The van der Waals surface area contributed by atoms with E-state index in [0.717, 1.165) is 0 Å². The minimum absolute atomic E-state index is 0.112. The van der Waals surface area contributed by atoms with Gasteiger partial charge in [-0.1, -0.05) is 20.8 Å². The smallest absolute Gasteiger partial charge is 0.238 e. The lowest BCUT2D eigenvalue weighted by Crippen LogP contribution is -2.22. The molecule has 0 aliphatic rings. The molecule has 94 valence electrons. The zero-order valence-electron chi connectivity index (χ0n) is 10.0. The fourth-order valence-electron chi connectivity index (χ4n) is 1.31. The number of hydrogen-bond donors (Lipinski definition) is 2. The van der Waals surface area contributed by atoms with Crippen molar-refractivity contribution in [3.05, 3.63) is 23.8 Å². The van der Waals surface area contributed by atoms with Crippen LogP contribution in [0.1, 0.15) is 31.1 Å². The largest absolute Gasteiger partial charge is 0.398 e. The van der Waals surface area contributed by atoms with Gasteiger partial charge < -0.3 is 5.73 Å². The third-order valence-corrected chi connectivity index (χ3v) is 3.19. The molecule has 5 nitrogen and oxygen atoms in total. The first kappa shape index (κ1) is 13.7. The average molecular weight is 256 g/mol. The predicted molar refractivity (Wildman–Crippen MR) is 66.0 cm³/mol. The summed E-state index contributed by atoms with van der Waals surface area (Å²) in [5, 5.41) is 5.01. The third-order valence-electron chi connectivity index (χ3n) is 2.28. The Balaban J connectivity index is 3.40. The van der Waals surface area contributed by atoms with Gasteiger partial charge in [0.2, 0.25) is 10.0 Å². The first-order valence-electron chi connectivity index (χ1n) is 5.00. The maximum atomic E-state index is 12.1. The normalized spacial score (nSPS) is 12.5. The van der Waals surface area contributed by atoms with Crippen LogP contribution in [-0.4, -0.2) is 14.2 Å². The van der Waals surface area contributed by atoms with Gasteiger partial charge in [0, 0.05) is 16.7 Å². The summed E-state index contributed by atoms with van der Waals surface area (Å²) < 4.78 is 22.4. The van der Waals surface area contributed by atoms with Crippen molar-refractivity contribution in [2.24, 2.45) is 10.6 Å². The van der Waals surface area contributed by atoms with Crippen molar-refractivity contribution in [2.75, 3.05) is 5.73 Å². The van der Waals surface area contributed by atoms with Crippen LogP contribution in [0.5, 0.6) is 0 Å². The van der Waals surface area contributed by atoms with Crippen molar-refractivity contribution in [3.63, 3.8) is 0 Å². The number of carbonyl (C=O) groups excluding carboxylic acids is 1. The first-order valence-corrected chi connectivity index (χ1v) is 6.55. The van der Waals surface area contributed by atoms with E-state index >= 15 is 0 Å². The highest BCUT2D eigenvalue weighted by Gasteiger charge is 2.25. The quantitative estimate of drug-likeness (QED) is 0.611. The molecule has 0 amide bonds. The van der Waals surface area contributed by atoms with Crippen LogP contribution < -0.4 is 10.9 Å². The number of carbonyl (C=O) groups is 1. The van der Waals surface area contributed by atoms with Crippen LogP contribution in [0.4, 0.5) is 5.69 Å². The highest BCUT2D eigenvalue weighted by Crippen LogP contribution is 2.26. The number of anilines is 1. The maximum absolute atomic E-state index is 12.1. The van der Waals surface area contributed by atoms with E-state index in [1.807, 2.05) is 0 Å². The Bertz CT molecular complexity index is 557. The molecule has 0 unspecified atom stereocenters. The predicted octanol–water partition coefficient (Wildman–Crippen LogP) is 1.15. The number of hydrogen-bond acceptors (Lipinski definition) is 4. The van der Waals surface area contributed by atoms with Gasteiger partial charge in [0.25, 0.3) is 0 Å². The summed E-state index contributed by atoms with van der Waals surface area (Å²) >= 11 is 0. The molecule has 0 saturated carbocycles. The molecule has 17 heavy (non-hydrogen) atoms. The summed E-state index contributed by atoms with van der Waals surface area (Å²) in [6.07, 6.45) is 0. The lowest BCUT2D eigenvalue weighted by molar-refractivity contribution is 0.0859. The fraction of sp³-hybridized carbons (Fsp3) is 0.364. The Hall–Kier alpha value is -1.40. The van der Waals surface area contributed by atoms with E-state index in [1.165, 1.54) is 18.2 Å². The van der Waals surface area contributed by atoms with Gasteiger partial charge in [-0.3, -0.25) is 4.79 Å². The zero-order chi connectivity index (χ0) is 13.4. The average Bonchev–Trinajstić information content (AvgIpc) is 2.14. The van der Waals surface area contributed by atoms with Crippen LogP contribution in [0, 0.1) is 5.41 Å². The first-order chi connectivity index (χ1) is 7.53. The van der Waals surface area contributed by atoms with E-state index in [4.69, 9.17) is 10.9 Å². The van der Waals surface area contributed by atoms with E-state index in [0.29, 0.717) is 0 Å². The molecule has 0 bridgehead atoms. The van der Waals surface area contributed by atoms with Crippen molar-refractivity contribution < 1.29 is 13.2 Å². The number of rotatable bonds is 2. The number of nitrogens with two attached hydrogens (primary N) is 2. The van der Waals surface area contributed by atoms with Gasteiger partial charge >= 0.3 is 0 Å². The van der Waals surface area contributed by atoms with Gasteiger partial charge in [-0.25, -0.2) is 13.6 Å². The molecule has 0 radical (unpaired) electrons. The van der Waals surface area contributed by atoms with Gasteiger partial charge in [0.1, 0.15) is 0 Å². The van der Waals surface area contributed by atoms with Crippen molar-refractivity contribution in [1.82, 2.24) is 0 Å². The summed E-state index contributed by atoms with van der Waals surface area (Å²) in [6.45, 7) is 5.20. The zero-order valence-corrected chi connectivity index (χ0v) is 10.8. The van der Waals surface area contributed by atoms with Gasteiger partial charge in [-0.05, 0) is 18.2 Å². The van der Waals surface area contributed by atoms with Crippen LogP contribution >= 0.6 is 0 Å². The Labute approximate surface area is 101 Å². The molecule has 1 aromatic carbocycles. The second kappa shape index (κ2) is 4.12. The Morgan fingerprint density at radius 2 is 1.76 bits per heavy atom. The summed E-state index contributed by atoms with van der Waals surface area (Å²) in [4.78, 5) is 11.9. The van der Waals surface area contributed by atoms with E-state index < -0.39 is 15.4 Å². The van der Waals surface area contributed by atoms with Crippen molar-refractivity contribution in [3.8, 4) is 0 Å². The Morgan fingerprint density at radius 3 is 2.18 bits per heavy atom. The minimum Gasteiger partial charge on any atom is -0.398 e. The van der Waals surface area contributed by atoms with Crippen LogP contribution in [-0.2, 0) is 10.0 Å². The number of ketones is 1. The van der Waals surface area contributed by atoms with Crippen molar-refractivity contribution in [1.29, 1.82) is 0 Å². The van der Waals surface area contributed by atoms with Crippen LogP contribution in [0.15, 0.2) is 23.1 Å². The monoisotopic (exact) mass is 256 g/mol. The molecule has 1 aromatic rings. The Kier molecular flexibility index (Phi) is 3.31. The fourth-order valence-corrected chi connectivity index (χ4v) is 1.85. The lowest BCUT2D eigenvalue weighted by Gasteiger charge is -2.18. The van der Waals surface area contributed by atoms with Gasteiger partial charge in [-0.15, -0.1) is 0 Å². The second-order valence-electron chi connectivity index (χ2n) is 4.87. The molecule has 0 fully saturated rings. The van der Waals surface area contributed by atoms with Crippen LogP contribution in [0.2, 0.25) is 0 Å². The SMILES string of the molecule is CC(C)(C)C(=O)c1cc(S(N)(=O)=O)ccc1N. The number of benzene rings is 1. The van der Waals surface area contributed by atoms with E-state index in [-0.39, 0.29) is 21.9 Å². The number of sulfonamides is 1. The lowest BCUT2D eigenvalue weighted by atomic mass is 9.86. The molecule has 0 saturated heterocycles. The molecule has 0 heterocycles. The number of Topliss-reactive ketones (excluding diaryl/α,β-unsaturated/α-hetero) is 1. The van der Waals surface area contributed by atoms with Crippen LogP contribution in [0.25, 0.3) is 0 Å². The molecule has 0 atom stereocenters. The van der Waals surface area contributed by atoms with E-state index in [2.05, 4.69) is 0 Å². The number of primary sulfonamides is 1. The van der Waals surface area contributed by atoms with Crippen LogP contribution in [0.3, 0.4) is 0 Å². The molecule has 0 aliphatic heterocycles. The topological polar surface area (TPSA) is 103 Å². The summed E-state index contributed by atoms with van der Waals surface area (Å²) in [6, 6.07) is 3.88. The molecule has 0 spiro atoms. The third kappa shape index (κ3) is 3.04. The molecule has 1 rings (SSSR count). The maximum Gasteiger partial charge on any atom is 0.238 e. The highest BCUT2D eigenvalue weighted by atomic mass is 32.2. The molecule has 0 aromatic heterocycles. The van der Waals surface area contributed by atoms with Crippen molar-refractivity contribution >= 4 is 21.5 Å². The summed E-state index contributed by atoms with van der Waals surface area (Å²) in [5.41, 5.74) is 5.47. The van der Waals surface area contributed by atoms with Gasteiger partial charge in [0.05, 0.1) is 4.90 Å². The van der Waals surface area contributed by atoms with Gasteiger partial charge in [-0.2, -0.15) is 0 Å². The standard InChI is InChI=1S/C11H16N2O3S/c1-11(2,3)10(14)8-6-7(17(13,15)16)4-5-9(8)12/h4-6H,12H2,1-3H3,(H2,13,15,16). The molecular weight excluding hydrogens is 240 g/mol. The second-order valence-corrected chi connectivity index (χ2v) is 6.43.